The summed E-state index contributed by atoms with van der Waals surface area (Å²) in [4.78, 5) is 0. The molecule has 1 heterocycles. The van der Waals surface area contributed by atoms with Gasteiger partial charge in [0.15, 0.2) is 10.3 Å². The molecule has 1 aromatic rings. The monoisotopic (exact) mass is 223 g/mol. The molecule has 0 amide bonds. The molecular weight excluding hydrogens is 224 g/mol. The van der Waals surface area contributed by atoms with E-state index in [4.69, 9.17) is 40.1 Å². The summed E-state index contributed by atoms with van der Waals surface area (Å²) < 4.78 is 4.40. The van der Waals surface area contributed by atoms with Gasteiger partial charge in [-0.1, -0.05) is 34.8 Å². The van der Waals surface area contributed by atoms with Crippen LogP contribution in [0.5, 0.6) is 5.75 Å². The Bertz CT molecular complexity index is 349. The van der Waals surface area contributed by atoms with Crippen molar-refractivity contribution in [3.63, 3.8) is 0 Å². The fourth-order valence-electron chi connectivity index (χ4n) is 0.494. The fourth-order valence-corrected chi connectivity index (χ4v) is 1.00. The first-order valence-electron chi connectivity index (χ1n) is 2.60. The molecule has 0 radical (unpaired) electrons. The van der Waals surface area contributed by atoms with E-state index in [1.807, 2.05) is 0 Å². The van der Waals surface area contributed by atoms with Crippen LogP contribution in [0, 0.1) is 11.5 Å². The van der Waals surface area contributed by atoms with Crippen molar-refractivity contribution in [2.24, 2.45) is 0 Å². The number of ether oxygens (including phenoxy) is 1. The Morgan fingerprint density at radius 3 is 2.33 bits per heavy atom. The van der Waals surface area contributed by atoms with Gasteiger partial charge in [-0.15, -0.1) is 15.5 Å². The van der Waals surface area contributed by atoms with Gasteiger partial charge in [-0.3, -0.25) is 0 Å². The van der Waals surface area contributed by atoms with Crippen molar-refractivity contribution in [1.82, 2.24) is 10.2 Å². The number of halogens is 3. The van der Waals surface area contributed by atoms with Crippen molar-refractivity contribution in [2.45, 2.75) is 0 Å². The lowest BCUT2D eigenvalue weighted by Gasteiger charge is -2.00. The quantitative estimate of drug-likeness (QED) is 0.687. The lowest BCUT2D eigenvalue weighted by Crippen LogP contribution is -1.91. The normalized spacial score (nSPS) is 9.17. The van der Waals surface area contributed by atoms with Gasteiger partial charge in [0.1, 0.15) is 5.02 Å². The second-order valence-electron chi connectivity index (χ2n) is 1.62. The van der Waals surface area contributed by atoms with Gasteiger partial charge >= 0.3 is 0 Å². The molecular formula is C5Cl3N3O. The van der Waals surface area contributed by atoms with Crippen LogP contribution in [0.1, 0.15) is 0 Å². The molecule has 4 nitrogen and oxygen atoms in total. The van der Waals surface area contributed by atoms with Crippen molar-refractivity contribution < 1.29 is 4.74 Å². The third kappa shape index (κ3) is 1.69. The Hall–Kier alpha value is -0.760. The minimum absolute atomic E-state index is 0.0294. The first-order chi connectivity index (χ1) is 5.66. The Labute approximate surface area is 82.6 Å². The zero-order valence-electron chi connectivity index (χ0n) is 5.38. The van der Waals surface area contributed by atoms with Gasteiger partial charge in [0.2, 0.25) is 5.75 Å². The lowest BCUT2D eigenvalue weighted by molar-refractivity contribution is 0.503. The summed E-state index contributed by atoms with van der Waals surface area (Å²) in [6, 6.07) is 0. The molecule has 0 aliphatic carbocycles. The van der Waals surface area contributed by atoms with Gasteiger partial charge in [0.25, 0.3) is 6.26 Å². The Morgan fingerprint density at radius 1 is 1.17 bits per heavy atom. The molecule has 0 aromatic carbocycles. The minimum Gasteiger partial charge on any atom is -0.383 e. The van der Waals surface area contributed by atoms with E-state index in [9.17, 15) is 0 Å². The number of nitriles is 1. The maximum absolute atomic E-state index is 8.18. The van der Waals surface area contributed by atoms with E-state index < -0.39 is 0 Å². The third-order valence-electron chi connectivity index (χ3n) is 0.941. The van der Waals surface area contributed by atoms with E-state index in [2.05, 4.69) is 14.9 Å². The summed E-state index contributed by atoms with van der Waals surface area (Å²) in [5, 5.41) is 14.7. The van der Waals surface area contributed by atoms with Crippen LogP contribution in [0.4, 0.5) is 0 Å². The van der Waals surface area contributed by atoms with E-state index >= 15 is 0 Å². The van der Waals surface area contributed by atoms with E-state index in [0.29, 0.717) is 0 Å². The molecule has 0 N–H and O–H groups in total. The smallest absolute Gasteiger partial charge is 0.292 e. The van der Waals surface area contributed by atoms with Crippen LogP contribution in [-0.2, 0) is 0 Å². The maximum atomic E-state index is 8.18. The maximum Gasteiger partial charge on any atom is 0.292 e. The molecule has 1 aromatic heterocycles. The van der Waals surface area contributed by atoms with Crippen LogP contribution >= 0.6 is 34.8 Å². The SMILES string of the molecule is N#COc1c(Cl)nnc(Cl)c1Cl. The molecule has 0 saturated carbocycles. The van der Waals surface area contributed by atoms with Gasteiger partial charge in [-0.2, -0.15) is 0 Å². The molecule has 0 spiro atoms. The summed E-state index contributed by atoms with van der Waals surface area (Å²) in [7, 11) is 0. The highest BCUT2D eigenvalue weighted by molar-refractivity contribution is 6.43. The number of hydrogen-bond donors (Lipinski definition) is 0. The molecule has 1 rings (SSSR count). The largest absolute Gasteiger partial charge is 0.383 e. The first kappa shape index (κ1) is 9.33. The Kier molecular flexibility index (Phi) is 2.93. The van der Waals surface area contributed by atoms with Crippen LogP contribution in [0.25, 0.3) is 0 Å². The van der Waals surface area contributed by atoms with Crippen molar-refractivity contribution in [3.8, 4) is 12.0 Å². The molecule has 0 aliphatic rings. The molecule has 62 valence electrons. The molecule has 0 unspecified atom stereocenters. The van der Waals surface area contributed by atoms with Gasteiger partial charge in [-0.25, -0.2) is 0 Å². The summed E-state index contributed by atoms with van der Waals surface area (Å²) in [6.07, 6.45) is 1.40. The van der Waals surface area contributed by atoms with Gasteiger partial charge < -0.3 is 4.74 Å². The standard InChI is InChI=1S/C5Cl3N3O/c6-2-3(12-1-9)5(8)11-10-4(2)7. The average molecular weight is 224 g/mol. The molecule has 7 heteroatoms. The highest BCUT2D eigenvalue weighted by Gasteiger charge is 2.13. The summed E-state index contributed by atoms with van der Waals surface area (Å²) in [6.45, 7) is 0. The summed E-state index contributed by atoms with van der Waals surface area (Å²) in [5.41, 5.74) is 0. The number of aromatic nitrogens is 2. The van der Waals surface area contributed by atoms with Crippen LogP contribution in [0.15, 0.2) is 0 Å². The van der Waals surface area contributed by atoms with Crippen molar-refractivity contribution in [1.29, 1.82) is 5.26 Å². The molecule has 0 aliphatic heterocycles. The second kappa shape index (κ2) is 3.76. The minimum atomic E-state index is -0.106. The van der Waals surface area contributed by atoms with Gasteiger partial charge in [0.05, 0.1) is 0 Å². The Balaban J connectivity index is 3.25. The van der Waals surface area contributed by atoms with E-state index in [1.165, 1.54) is 6.26 Å². The lowest BCUT2D eigenvalue weighted by atomic mass is 10.5. The average Bonchev–Trinajstić information content (AvgIpc) is 2.06. The highest BCUT2D eigenvalue weighted by atomic mass is 35.5. The molecule has 0 saturated heterocycles. The molecule has 0 bridgehead atoms. The van der Waals surface area contributed by atoms with Crippen molar-refractivity contribution in [2.75, 3.05) is 0 Å². The summed E-state index contributed by atoms with van der Waals surface area (Å²) >= 11 is 16.5. The predicted molar refractivity (Wildman–Crippen MR) is 43.3 cm³/mol. The van der Waals surface area contributed by atoms with Crippen LogP contribution in [0.3, 0.4) is 0 Å². The topological polar surface area (TPSA) is 58.8 Å². The van der Waals surface area contributed by atoms with E-state index in [-0.39, 0.29) is 21.1 Å². The fraction of sp³-hybridized carbons (Fsp3) is 0. The van der Waals surface area contributed by atoms with Crippen LogP contribution in [0.2, 0.25) is 15.3 Å². The summed E-state index contributed by atoms with van der Waals surface area (Å²) in [5.74, 6) is -0.0826. The van der Waals surface area contributed by atoms with Crippen molar-refractivity contribution in [3.05, 3.63) is 15.3 Å². The predicted octanol–water partition coefficient (Wildman–Crippen LogP) is 2.30. The van der Waals surface area contributed by atoms with Gasteiger partial charge in [0, 0.05) is 0 Å². The van der Waals surface area contributed by atoms with E-state index in [1.54, 1.807) is 0 Å². The van der Waals surface area contributed by atoms with Gasteiger partial charge in [-0.05, 0) is 0 Å². The second-order valence-corrected chi connectivity index (χ2v) is 2.71. The Morgan fingerprint density at radius 2 is 1.75 bits per heavy atom. The van der Waals surface area contributed by atoms with E-state index in [0.717, 1.165) is 0 Å². The van der Waals surface area contributed by atoms with Crippen LogP contribution < -0.4 is 4.74 Å². The number of rotatable bonds is 1. The number of nitrogens with zero attached hydrogens (tertiary/aromatic N) is 3. The molecule has 0 atom stereocenters. The van der Waals surface area contributed by atoms with Crippen molar-refractivity contribution >= 4 is 34.8 Å². The molecule has 12 heavy (non-hydrogen) atoms. The first-order valence-corrected chi connectivity index (χ1v) is 3.73. The van der Waals surface area contributed by atoms with Crippen LogP contribution in [-0.4, -0.2) is 10.2 Å². The number of hydrogen-bond acceptors (Lipinski definition) is 4. The zero-order valence-corrected chi connectivity index (χ0v) is 7.65. The molecule has 0 fully saturated rings. The third-order valence-corrected chi connectivity index (χ3v) is 1.90. The highest BCUT2D eigenvalue weighted by Crippen LogP contribution is 2.34. The zero-order chi connectivity index (χ0) is 9.14.